The Kier molecular flexibility index (Phi) is 7.68. The number of carbonyl (C=O) groups is 3. The molecular weight excluding hydrogens is 386 g/mol. The Balaban J connectivity index is 1.75. The lowest BCUT2D eigenvalue weighted by Gasteiger charge is -2.05. The van der Waals surface area contributed by atoms with Crippen LogP contribution in [0.15, 0.2) is 29.2 Å². The third kappa shape index (κ3) is 5.97. The zero-order valence-corrected chi connectivity index (χ0v) is 17.1. The van der Waals surface area contributed by atoms with Crippen molar-refractivity contribution in [1.29, 1.82) is 0 Å². The van der Waals surface area contributed by atoms with Gasteiger partial charge < -0.3 is 9.72 Å². The second kappa shape index (κ2) is 9.76. The van der Waals surface area contributed by atoms with E-state index in [2.05, 4.69) is 4.98 Å². The standard InChI is InChI=1S/C20H22ClNO4S/c1-12-19(14(3)23)13(2)22-20(12)17(24)11-26-18(25)5-4-10-27-16-8-6-15(21)7-9-16/h6-9,22H,4-5,10-11H2,1-3H3. The van der Waals surface area contributed by atoms with Crippen molar-refractivity contribution in [2.24, 2.45) is 0 Å². The molecule has 0 bridgehead atoms. The molecule has 2 rings (SSSR count). The van der Waals surface area contributed by atoms with Gasteiger partial charge in [0.15, 0.2) is 12.4 Å². The fourth-order valence-electron chi connectivity index (χ4n) is 2.78. The van der Waals surface area contributed by atoms with Crippen molar-refractivity contribution in [1.82, 2.24) is 4.98 Å². The number of rotatable bonds is 9. The predicted molar refractivity (Wildman–Crippen MR) is 107 cm³/mol. The van der Waals surface area contributed by atoms with Gasteiger partial charge in [-0.25, -0.2) is 0 Å². The molecule has 1 aromatic heterocycles. The van der Waals surface area contributed by atoms with Gasteiger partial charge in [0.2, 0.25) is 5.78 Å². The summed E-state index contributed by atoms with van der Waals surface area (Å²) in [5.41, 5.74) is 2.09. The lowest BCUT2D eigenvalue weighted by atomic mass is 10.1. The van der Waals surface area contributed by atoms with Gasteiger partial charge in [-0.3, -0.25) is 14.4 Å². The number of carbonyl (C=O) groups excluding carboxylic acids is 3. The van der Waals surface area contributed by atoms with Gasteiger partial charge in [0.25, 0.3) is 0 Å². The van der Waals surface area contributed by atoms with Crippen LogP contribution in [0.3, 0.4) is 0 Å². The molecule has 1 N–H and O–H groups in total. The number of aromatic amines is 1. The highest BCUT2D eigenvalue weighted by Crippen LogP contribution is 2.22. The number of ketones is 2. The number of Topliss-reactive ketones (excluding diaryl/α,β-unsaturated/α-hetero) is 2. The Hall–Kier alpha value is -2.05. The third-order valence-corrected chi connectivity index (χ3v) is 5.39. The predicted octanol–water partition coefficient (Wildman–Crippen LogP) is 4.79. The Morgan fingerprint density at radius 1 is 1.15 bits per heavy atom. The van der Waals surface area contributed by atoms with E-state index < -0.39 is 5.97 Å². The molecule has 1 aromatic carbocycles. The van der Waals surface area contributed by atoms with Gasteiger partial charge in [0.1, 0.15) is 0 Å². The number of benzene rings is 1. The highest BCUT2D eigenvalue weighted by atomic mass is 35.5. The Labute approximate surface area is 167 Å². The molecule has 0 saturated heterocycles. The lowest BCUT2D eigenvalue weighted by Crippen LogP contribution is -2.15. The molecule has 1 heterocycles. The molecule has 0 amide bonds. The van der Waals surface area contributed by atoms with Crippen LogP contribution in [0.2, 0.25) is 5.02 Å². The van der Waals surface area contributed by atoms with Crippen LogP contribution >= 0.6 is 23.4 Å². The number of halogens is 1. The van der Waals surface area contributed by atoms with Crippen LogP contribution < -0.4 is 0 Å². The van der Waals surface area contributed by atoms with Crippen molar-refractivity contribution in [2.45, 2.75) is 38.5 Å². The van der Waals surface area contributed by atoms with E-state index in [1.54, 1.807) is 25.6 Å². The lowest BCUT2D eigenvalue weighted by molar-refractivity contribution is -0.142. The monoisotopic (exact) mass is 407 g/mol. The smallest absolute Gasteiger partial charge is 0.306 e. The molecule has 0 unspecified atom stereocenters. The molecule has 2 aromatic rings. The fourth-order valence-corrected chi connectivity index (χ4v) is 3.76. The molecule has 7 heteroatoms. The molecule has 0 fully saturated rings. The highest BCUT2D eigenvalue weighted by molar-refractivity contribution is 7.99. The minimum absolute atomic E-state index is 0.101. The molecule has 0 atom stereocenters. The second-order valence-corrected chi connectivity index (χ2v) is 7.78. The number of ether oxygens (including phenoxy) is 1. The SMILES string of the molecule is CC(=O)c1c(C)[nH]c(C(=O)COC(=O)CCCSc2ccc(Cl)cc2)c1C. The van der Waals surface area contributed by atoms with Gasteiger partial charge in [-0.05, 0) is 62.8 Å². The van der Waals surface area contributed by atoms with Gasteiger partial charge >= 0.3 is 5.97 Å². The van der Waals surface area contributed by atoms with Crippen LogP contribution in [0, 0.1) is 13.8 Å². The number of hydrogen-bond acceptors (Lipinski definition) is 5. The minimum Gasteiger partial charge on any atom is -0.457 e. The van der Waals surface area contributed by atoms with Gasteiger partial charge in [-0.1, -0.05) is 11.6 Å². The Morgan fingerprint density at radius 3 is 2.41 bits per heavy atom. The molecule has 0 aliphatic heterocycles. The maximum absolute atomic E-state index is 12.3. The number of aromatic nitrogens is 1. The third-order valence-electron chi connectivity index (χ3n) is 4.04. The van der Waals surface area contributed by atoms with Crippen molar-refractivity contribution in [3.63, 3.8) is 0 Å². The molecule has 0 saturated carbocycles. The fraction of sp³-hybridized carbons (Fsp3) is 0.350. The van der Waals surface area contributed by atoms with Gasteiger partial charge in [-0.15, -0.1) is 11.8 Å². The maximum Gasteiger partial charge on any atom is 0.306 e. The van der Waals surface area contributed by atoms with Crippen molar-refractivity contribution < 1.29 is 19.1 Å². The minimum atomic E-state index is -0.409. The van der Waals surface area contributed by atoms with Crippen molar-refractivity contribution >= 4 is 40.9 Å². The number of nitrogens with one attached hydrogen (secondary N) is 1. The first kappa shape index (κ1) is 21.3. The second-order valence-electron chi connectivity index (χ2n) is 6.17. The Morgan fingerprint density at radius 2 is 1.81 bits per heavy atom. The highest BCUT2D eigenvalue weighted by Gasteiger charge is 2.20. The Bertz CT molecular complexity index is 842. The zero-order chi connectivity index (χ0) is 20.0. The van der Waals surface area contributed by atoms with Crippen LogP contribution in [0.5, 0.6) is 0 Å². The molecule has 0 aliphatic carbocycles. The van der Waals surface area contributed by atoms with Gasteiger partial charge in [0, 0.05) is 27.6 Å². The van der Waals surface area contributed by atoms with Crippen LogP contribution in [0.1, 0.15) is 51.9 Å². The van der Waals surface area contributed by atoms with Crippen LogP contribution in [-0.4, -0.2) is 34.9 Å². The molecule has 0 radical (unpaired) electrons. The van der Waals surface area contributed by atoms with Crippen LogP contribution in [-0.2, 0) is 9.53 Å². The van der Waals surface area contributed by atoms with E-state index in [0.717, 1.165) is 10.6 Å². The molecule has 144 valence electrons. The molecule has 0 aliphatic rings. The number of thioether (sulfide) groups is 1. The largest absolute Gasteiger partial charge is 0.457 e. The first-order valence-electron chi connectivity index (χ1n) is 8.57. The topological polar surface area (TPSA) is 76.2 Å². The van der Waals surface area contributed by atoms with E-state index in [-0.39, 0.29) is 24.6 Å². The molecule has 27 heavy (non-hydrogen) atoms. The summed E-state index contributed by atoms with van der Waals surface area (Å²) in [6.07, 6.45) is 0.894. The van der Waals surface area contributed by atoms with Crippen molar-refractivity contribution in [2.75, 3.05) is 12.4 Å². The maximum atomic E-state index is 12.3. The summed E-state index contributed by atoms with van der Waals surface area (Å²) in [4.78, 5) is 39.7. The number of hydrogen-bond donors (Lipinski definition) is 1. The number of esters is 1. The normalized spacial score (nSPS) is 10.7. The summed E-state index contributed by atoms with van der Waals surface area (Å²) in [6.45, 7) is 4.58. The van der Waals surface area contributed by atoms with Crippen molar-refractivity contribution in [3.05, 3.63) is 51.8 Å². The van der Waals surface area contributed by atoms with E-state index >= 15 is 0 Å². The average molecular weight is 408 g/mol. The van der Waals surface area contributed by atoms with Crippen molar-refractivity contribution in [3.8, 4) is 0 Å². The first-order valence-corrected chi connectivity index (χ1v) is 9.93. The summed E-state index contributed by atoms with van der Waals surface area (Å²) in [6, 6.07) is 7.51. The number of H-pyrrole nitrogens is 1. The van der Waals surface area contributed by atoms with Crippen LogP contribution in [0.25, 0.3) is 0 Å². The summed E-state index contributed by atoms with van der Waals surface area (Å²) in [5, 5.41) is 0.690. The summed E-state index contributed by atoms with van der Waals surface area (Å²) in [7, 11) is 0. The number of aryl methyl sites for hydroxylation is 1. The first-order chi connectivity index (χ1) is 12.8. The van der Waals surface area contributed by atoms with Crippen LogP contribution in [0.4, 0.5) is 0 Å². The van der Waals surface area contributed by atoms with Gasteiger partial charge in [-0.2, -0.15) is 0 Å². The summed E-state index contributed by atoms with van der Waals surface area (Å²) < 4.78 is 5.07. The average Bonchev–Trinajstić information content (AvgIpc) is 2.92. The summed E-state index contributed by atoms with van der Waals surface area (Å²) >= 11 is 7.47. The quantitative estimate of drug-likeness (QED) is 0.280. The van der Waals surface area contributed by atoms with E-state index in [1.165, 1.54) is 6.92 Å². The molecule has 5 nitrogen and oxygen atoms in total. The zero-order valence-electron chi connectivity index (χ0n) is 15.6. The van der Waals surface area contributed by atoms with Gasteiger partial charge in [0.05, 0.1) is 5.69 Å². The summed E-state index contributed by atoms with van der Waals surface area (Å²) in [5.74, 6) is -0.0862. The van der Waals surface area contributed by atoms with E-state index in [0.29, 0.717) is 34.0 Å². The molecule has 0 spiro atoms. The molecular formula is C20H22ClNO4S. The van der Waals surface area contributed by atoms with E-state index in [9.17, 15) is 14.4 Å². The van der Waals surface area contributed by atoms with E-state index in [1.807, 2.05) is 24.3 Å². The van der Waals surface area contributed by atoms with E-state index in [4.69, 9.17) is 16.3 Å².